The first-order valence-electron chi connectivity index (χ1n) is 15.6. The Labute approximate surface area is 264 Å². The van der Waals surface area contributed by atoms with Crippen LogP contribution in [0.2, 0.25) is 0 Å². The van der Waals surface area contributed by atoms with E-state index in [0.29, 0.717) is 0 Å². The molecule has 0 aliphatic carbocycles. The van der Waals surface area contributed by atoms with E-state index in [0.717, 1.165) is 66.4 Å². The molecular formula is C43H25N3. The van der Waals surface area contributed by atoms with Crippen molar-refractivity contribution >= 4 is 65.0 Å². The maximum Gasteiger partial charge on any atom is 0.0972 e. The highest BCUT2D eigenvalue weighted by atomic mass is 14.8. The molecule has 0 N–H and O–H groups in total. The van der Waals surface area contributed by atoms with E-state index < -0.39 is 0 Å². The van der Waals surface area contributed by atoms with Crippen molar-refractivity contribution in [2.24, 2.45) is 0 Å². The fourth-order valence-corrected chi connectivity index (χ4v) is 7.12. The summed E-state index contributed by atoms with van der Waals surface area (Å²) >= 11 is 0. The van der Waals surface area contributed by atoms with Crippen molar-refractivity contribution < 1.29 is 0 Å². The van der Waals surface area contributed by atoms with Gasteiger partial charge in [-0.05, 0) is 68.2 Å². The first kappa shape index (κ1) is 25.2. The Morgan fingerprint density at radius 1 is 0.370 bits per heavy atom. The molecule has 0 saturated heterocycles. The Morgan fingerprint density at radius 2 is 0.978 bits per heavy atom. The van der Waals surface area contributed by atoms with Gasteiger partial charge >= 0.3 is 0 Å². The summed E-state index contributed by atoms with van der Waals surface area (Å²) in [6, 6.07) is 51.8. The predicted molar refractivity (Wildman–Crippen MR) is 192 cm³/mol. The molecule has 0 bridgehead atoms. The van der Waals surface area contributed by atoms with Gasteiger partial charge in [-0.3, -0.25) is 4.98 Å². The Hall–Kier alpha value is -6.19. The fourth-order valence-electron chi connectivity index (χ4n) is 7.12. The zero-order valence-electron chi connectivity index (χ0n) is 24.8. The number of fused-ring (bicyclic) bond motifs is 4. The molecule has 0 radical (unpaired) electrons. The van der Waals surface area contributed by atoms with E-state index in [2.05, 4.69) is 138 Å². The first-order chi connectivity index (χ1) is 22.8. The minimum atomic E-state index is 0.910. The van der Waals surface area contributed by atoms with Crippen LogP contribution < -0.4 is 0 Å². The summed E-state index contributed by atoms with van der Waals surface area (Å²) in [4.78, 5) is 15.2. The van der Waals surface area contributed by atoms with Crippen molar-refractivity contribution in [3.05, 3.63) is 152 Å². The van der Waals surface area contributed by atoms with Crippen LogP contribution >= 0.6 is 0 Å². The molecule has 0 saturated carbocycles. The number of para-hydroxylation sites is 1. The number of hydrogen-bond acceptors (Lipinski definition) is 3. The molecule has 3 heteroatoms. The molecule has 3 nitrogen and oxygen atoms in total. The summed E-state index contributed by atoms with van der Waals surface area (Å²) in [6.45, 7) is 0. The molecule has 3 heterocycles. The largest absolute Gasteiger partial charge is 0.256 e. The summed E-state index contributed by atoms with van der Waals surface area (Å²) < 4.78 is 0. The Bertz CT molecular complexity index is 2800. The maximum absolute atomic E-state index is 5.31. The van der Waals surface area contributed by atoms with Crippen molar-refractivity contribution in [3.63, 3.8) is 0 Å². The molecule has 0 aliphatic rings. The average Bonchev–Trinajstić information content (AvgIpc) is 3.13. The van der Waals surface area contributed by atoms with Crippen molar-refractivity contribution in [1.29, 1.82) is 0 Å². The van der Waals surface area contributed by atoms with Crippen LogP contribution in [-0.4, -0.2) is 15.0 Å². The molecule has 3 aromatic heterocycles. The molecule has 212 valence electrons. The lowest BCUT2D eigenvalue weighted by atomic mass is 9.91. The third kappa shape index (κ3) is 3.82. The molecule has 10 aromatic rings. The second kappa shape index (κ2) is 9.65. The van der Waals surface area contributed by atoms with Crippen LogP contribution in [0.1, 0.15) is 0 Å². The standard InChI is InChI=1S/C43H25N3/c1-2-10-37-32(5-1)24-34(25-44-37)31-8-4-9-33(23-31)38-21-17-29-13-14-30-18-22-39(46-43(30)42(29)45-38)35-19-15-28-12-11-26-6-3-7-27-16-20-36(35)41(28)40(26)27/h1-25H. The van der Waals surface area contributed by atoms with Crippen molar-refractivity contribution in [2.75, 3.05) is 0 Å². The minimum Gasteiger partial charge on any atom is -0.256 e. The molecule has 46 heavy (non-hydrogen) atoms. The Kier molecular flexibility index (Phi) is 5.28. The zero-order chi connectivity index (χ0) is 30.2. The van der Waals surface area contributed by atoms with E-state index >= 15 is 0 Å². The van der Waals surface area contributed by atoms with E-state index in [1.165, 1.54) is 32.3 Å². The van der Waals surface area contributed by atoms with Gasteiger partial charge in [-0.15, -0.1) is 0 Å². The van der Waals surface area contributed by atoms with E-state index in [1.807, 2.05) is 18.3 Å². The highest BCUT2D eigenvalue weighted by Crippen LogP contribution is 2.39. The van der Waals surface area contributed by atoms with Gasteiger partial charge in [-0.2, -0.15) is 0 Å². The molecule has 0 atom stereocenters. The van der Waals surface area contributed by atoms with Crippen LogP contribution in [-0.2, 0) is 0 Å². The second-order valence-electron chi connectivity index (χ2n) is 12.1. The van der Waals surface area contributed by atoms with E-state index in [9.17, 15) is 0 Å². The van der Waals surface area contributed by atoms with Crippen LogP contribution in [0.15, 0.2) is 152 Å². The van der Waals surface area contributed by atoms with Gasteiger partial charge in [0.15, 0.2) is 0 Å². The quantitative estimate of drug-likeness (QED) is 0.194. The van der Waals surface area contributed by atoms with Gasteiger partial charge in [-0.1, -0.05) is 115 Å². The van der Waals surface area contributed by atoms with E-state index in [1.54, 1.807) is 0 Å². The first-order valence-corrected chi connectivity index (χ1v) is 15.6. The van der Waals surface area contributed by atoms with Crippen molar-refractivity contribution in [1.82, 2.24) is 15.0 Å². The summed E-state index contributed by atoms with van der Waals surface area (Å²) in [7, 11) is 0. The van der Waals surface area contributed by atoms with Gasteiger partial charge in [0.1, 0.15) is 0 Å². The maximum atomic E-state index is 5.31. The summed E-state index contributed by atoms with van der Waals surface area (Å²) in [5, 5.41) is 10.9. The summed E-state index contributed by atoms with van der Waals surface area (Å²) in [5.74, 6) is 0. The number of aromatic nitrogens is 3. The van der Waals surface area contributed by atoms with Gasteiger partial charge in [0, 0.05) is 39.0 Å². The van der Waals surface area contributed by atoms with E-state index in [-0.39, 0.29) is 0 Å². The van der Waals surface area contributed by atoms with Crippen LogP contribution in [0.5, 0.6) is 0 Å². The van der Waals surface area contributed by atoms with Crippen molar-refractivity contribution in [3.8, 4) is 33.6 Å². The Balaban J connectivity index is 1.13. The molecule has 0 unspecified atom stereocenters. The van der Waals surface area contributed by atoms with Crippen LogP contribution in [0.4, 0.5) is 0 Å². The predicted octanol–water partition coefficient (Wildman–Crippen LogP) is 11.2. The van der Waals surface area contributed by atoms with Gasteiger partial charge in [0.2, 0.25) is 0 Å². The topological polar surface area (TPSA) is 38.7 Å². The van der Waals surface area contributed by atoms with Gasteiger partial charge in [0.05, 0.1) is 27.9 Å². The monoisotopic (exact) mass is 583 g/mol. The van der Waals surface area contributed by atoms with Crippen molar-refractivity contribution in [2.45, 2.75) is 0 Å². The zero-order valence-corrected chi connectivity index (χ0v) is 24.8. The fraction of sp³-hybridized carbons (Fsp3) is 0. The highest BCUT2D eigenvalue weighted by molar-refractivity contribution is 6.25. The number of benzene rings is 7. The molecule has 0 fully saturated rings. The van der Waals surface area contributed by atoms with Crippen LogP contribution in [0, 0.1) is 0 Å². The third-order valence-electron chi connectivity index (χ3n) is 9.41. The number of nitrogens with zero attached hydrogens (tertiary/aromatic N) is 3. The van der Waals surface area contributed by atoms with E-state index in [4.69, 9.17) is 9.97 Å². The lowest BCUT2D eigenvalue weighted by Crippen LogP contribution is -1.92. The Morgan fingerprint density at radius 3 is 1.83 bits per heavy atom. The summed E-state index contributed by atoms with van der Waals surface area (Å²) in [6.07, 6.45) is 1.95. The van der Waals surface area contributed by atoms with Gasteiger partial charge < -0.3 is 0 Å². The number of rotatable bonds is 3. The number of pyridine rings is 3. The minimum absolute atomic E-state index is 0.910. The van der Waals surface area contributed by atoms with Crippen LogP contribution in [0.3, 0.4) is 0 Å². The summed E-state index contributed by atoms with van der Waals surface area (Å²) in [5.41, 5.74) is 9.10. The molecule has 0 aliphatic heterocycles. The molecule has 0 spiro atoms. The molecule has 0 amide bonds. The van der Waals surface area contributed by atoms with Crippen LogP contribution in [0.25, 0.3) is 98.7 Å². The lowest BCUT2D eigenvalue weighted by Gasteiger charge is -2.14. The van der Waals surface area contributed by atoms with Gasteiger partial charge in [0.25, 0.3) is 0 Å². The molecule has 7 aromatic carbocycles. The number of hydrogen-bond donors (Lipinski definition) is 0. The normalized spacial score (nSPS) is 11.9. The van der Waals surface area contributed by atoms with Gasteiger partial charge in [-0.25, -0.2) is 9.97 Å². The third-order valence-corrected chi connectivity index (χ3v) is 9.41. The average molecular weight is 584 g/mol. The smallest absolute Gasteiger partial charge is 0.0972 e. The highest BCUT2D eigenvalue weighted by Gasteiger charge is 2.14. The second-order valence-corrected chi connectivity index (χ2v) is 12.1. The lowest BCUT2D eigenvalue weighted by molar-refractivity contribution is 1.37. The molecule has 10 rings (SSSR count). The SMILES string of the molecule is c1cc(-c2cnc3ccccc3c2)cc(-c2ccc3ccc4ccc(-c5ccc6ccc7cccc8ccc5c6c78)nc4c3n2)c1. The molecular weight excluding hydrogens is 558 g/mol.